The van der Waals surface area contributed by atoms with Gasteiger partial charge in [0.1, 0.15) is 0 Å². The molecule has 0 saturated heterocycles. The van der Waals surface area contributed by atoms with Gasteiger partial charge in [-0.05, 0) is 66.6 Å². The van der Waals surface area contributed by atoms with Crippen molar-refractivity contribution in [2.75, 3.05) is 0 Å². The Morgan fingerprint density at radius 2 is 1.90 bits per heavy atom. The molecule has 0 aliphatic heterocycles. The van der Waals surface area contributed by atoms with E-state index >= 15 is 0 Å². The molecule has 2 saturated carbocycles. The van der Waals surface area contributed by atoms with Crippen LogP contribution in [-0.4, -0.2) is 0 Å². The lowest BCUT2D eigenvalue weighted by atomic mass is 9.46. The molecule has 3 aliphatic carbocycles. The topological polar surface area (TPSA) is 0 Å². The molecule has 0 bridgehead atoms. The smallest absolute Gasteiger partial charge is 0.00803 e. The highest BCUT2D eigenvalue weighted by atomic mass is 14.6. The molecule has 3 rings (SSSR count). The lowest BCUT2D eigenvalue weighted by Crippen LogP contribution is -2.49. The van der Waals surface area contributed by atoms with Crippen LogP contribution in [-0.2, 0) is 0 Å². The molecule has 0 heterocycles. The molecule has 0 nitrogen and oxygen atoms in total. The molecule has 0 unspecified atom stereocenters. The number of rotatable bonds is 1. The molecule has 0 radical (unpaired) electrons. The van der Waals surface area contributed by atoms with Gasteiger partial charge in [-0.1, -0.05) is 51.8 Å². The van der Waals surface area contributed by atoms with E-state index < -0.39 is 0 Å². The van der Waals surface area contributed by atoms with E-state index in [4.69, 9.17) is 0 Å². The summed E-state index contributed by atoms with van der Waals surface area (Å²) in [7, 11) is 0. The van der Waals surface area contributed by atoms with Crippen LogP contribution in [0.3, 0.4) is 0 Å². The molecular weight excluding hydrogens is 240 g/mol. The van der Waals surface area contributed by atoms with Crippen molar-refractivity contribution in [2.45, 2.75) is 72.6 Å². The highest BCUT2D eigenvalue weighted by molar-refractivity contribution is 5.28. The average molecular weight is 272 g/mol. The first-order valence-corrected chi connectivity index (χ1v) is 8.65. The van der Waals surface area contributed by atoms with Crippen LogP contribution in [0.5, 0.6) is 0 Å². The number of hydrogen-bond donors (Lipinski definition) is 0. The molecule has 0 N–H and O–H groups in total. The zero-order valence-corrected chi connectivity index (χ0v) is 14.0. The number of fused-ring (bicyclic) bond motifs is 3. The van der Waals surface area contributed by atoms with Crippen LogP contribution in [0.15, 0.2) is 24.3 Å². The minimum absolute atomic E-state index is 0.349. The van der Waals surface area contributed by atoms with E-state index in [1.165, 1.54) is 44.9 Å². The summed E-state index contributed by atoms with van der Waals surface area (Å²) in [6.07, 6.45) is 14.5. The van der Waals surface area contributed by atoms with Crippen LogP contribution >= 0.6 is 0 Å². The maximum absolute atomic E-state index is 4.09. The van der Waals surface area contributed by atoms with Gasteiger partial charge in [-0.2, -0.15) is 0 Å². The van der Waals surface area contributed by atoms with Gasteiger partial charge in [-0.15, -0.1) is 6.58 Å². The normalized spacial score (nSPS) is 46.9. The summed E-state index contributed by atoms with van der Waals surface area (Å²) in [6.45, 7) is 14.1. The molecule has 3 aliphatic rings. The van der Waals surface area contributed by atoms with E-state index in [0.29, 0.717) is 16.2 Å². The van der Waals surface area contributed by atoms with Crippen molar-refractivity contribution in [3.05, 3.63) is 24.3 Å². The predicted molar refractivity (Wildman–Crippen MR) is 87.6 cm³/mol. The van der Waals surface area contributed by atoms with E-state index in [2.05, 4.69) is 46.4 Å². The Morgan fingerprint density at radius 3 is 2.60 bits per heavy atom. The number of allylic oxidation sites excluding steroid dienone is 3. The second-order valence-electron chi connectivity index (χ2n) is 9.01. The second-order valence-corrected chi connectivity index (χ2v) is 9.01. The fraction of sp³-hybridized carbons (Fsp3) is 0.800. The Balaban J connectivity index is 1.96. The zero-order chi connectivity index (χ0) is 14.6. The Labute approximate surface area is 125 Å². The van der Waals surface area contributed by atoms with E-state index in [9.17, 15) is 0 Å². The quantitative estimate of drug-likeness (QED) is 0.503. The fourth-order valence-electron chi connectivity index (χ4n) is 5.93. The van der Waals surface area contributed by atoms with Crippen molar-refractivity contribution < 1.29 is 0 Å². The first-order chi connectivity index (χ1) is 9.31. The first-order valence-electron chi connectivity index (χ1n) is 8.65. The molecule has 0 aromatic carbocycles. The van der Waals surface area contributed by atoms with Gasteiger partial charge in [0, 0.05) is 0 Å². The molecule has 20 heavy (non-hydrogen) atoms. The third-order valence-corrected chi connectivity index (χ3v) is 7.13. The summed E-state index contributed by atoms with van der Waals surface area (Å²) in [6, 6.07) is 0. The van der Waals surface area contributed by atoms with E-state index in [0.717, 1.165) is 11.8 Å². The van der Waals surface area contributed by atoms with Crippen LogP contribution < -0.4 is 0 Å². The fourth-order valence-corrected chi connectivity index (χ4v) is 5.93. The third-order valence-electron chi connectivity index (χ3n) is 7.13. The first kappa shape index (κ1) is 14.4. The Kier molecular flexibility index (Phi) is 3.23. The van der Waals surface area contributed by atoms with Crippen LogP contribution in [0.2, 0.25) is 0 Å². The Hall–Kier alpha value is -0.520. The third kappa shape index (κ3) is 2.02. The summed E-state index contributed by atoms with van der Waals surface area (Å²) in [5, 5.41) is 0. The van der Waals surface area contributed by atoms with Crippen molar-refractivity contribution in [1.29, 1.82) is 0 Å². The van der Waals surface area contributed by atoms with E-state index in [1.807, 2.05) is 5.57 Å². The maximum Gasteiger partial charge on any atom is -0.00803 e. The summed E-state index contributed by atoms with van der Waals surface area (Å²) in [5.74, 6) is 1.74. The Bertz CT molecular complexity index is 441. The average Bonchev–Trinajstić information content (AvgIpc) is 2.37. The summed E-state index contributed by atoms with van der Waals surface area (Å²) < 4.78 is 0. The van der Waals surface area contributed by atoms with Gasteiger partial charge in [0.25, 0.3) is 0 Å². The van der Waals surface area contributed by atoms with Gasteiger partial charge in [-0.3, -0.25) is 0 Å². The molecule has 2 fully saturated rings. The van der Waals surface area contributed by atoms with Crippen molar-refractivity contribution in [3.63, 3.8) is 0 Å². The largest absolute Gasteiger partial charge is 0.103 e. The zero-order valence-electron chi connectivity index (χ0n) is 14.0. The molecular formula is C20H32. The lowest BCUT2D eigenvalue weighted by molar-refractivity contribution is -0.0153. The van der Waals surface area contributed by atoms with Gasteiger partial charge in [0.05, 0.1) is 0 Å². The minimum atomic E-state index is 0.349. The molecule has 112 valence electrons. The van der Waals surface area contributed by atoms with Crippen LogP contribution in [0.25, 0.3) is 0 Å². The van der Waals surface area contributed by atoms with E-state index in [1.54, 1.807) is 0 Å². The molecule has 0 aromatic heterocycles. The SMILES string of the molecule is C=C[C@@]1(C)CC=C2[C@@H](CC[C@@H]3C(C)(C)CCC[C@@]23C)C1. The van der Waals surface area contributed by atoms with Crippen molar-refractivity contribution in [2.24, 2.45) is 28.1 Å². The van der Waals surface area contributed by atoms with Crippen molar-refractivity contribution in [1.82, 2.24) is 0 Å². The molecule has 0 amide bonds. The number of hydrogen-bond acceptors (Lipinski definition) is 0. The van der Waals surface area contributed by atoms with Gasteiger partial charge >= 0.3 is 0 Å². The van der Waals surface area contributed by atoms with Gasteiger partial charge < -0.3 is 0 Å². The molecule has 0 spiro atoms. The van der Waals surface area contributed by atoms with Gasteiger partial charge in [0.2, 0.25) is 0 Å². The monoisotopic (exact) mass is 272 g/mol. The lowest BCUT2D eigenvalue weighted by Gasteiger charge is -2.58. The van der Waals surface area contributed by atoms with Crippen molar-refractivity contribution >= 4 is 0 Å². The Morgan fingerprint density at radius 1 is 1.15 bits per heavy atom. The highest BCUT2D eigenvalue weighted by Crippen LogP contribution is 2.63. The maximum atomic E-state index is 4.09. The van der Waals surface area contributed by atoms with E-state index in [-0.39, 0.29) is 0 Å². The minimum Gasteiger partial charge on any atom is -0.103 e. The van der Waals surface area contributed by atoms with Gasteiger partial charge in [0.15, 0.2) is 0 Å². The van der Waals surface area contributed by atoms with Crippen LogP contribution in [0, 0.1) is 28.1 Å². The summed E-state index contributed by atoms with van der Waals surface area (Å²) >= 11 is 0. The van der Waals surface area contributed by atoms with Crippen LogP contribution in [0.4, 0.5) is 0 Å². The highest BCUT2D eigenvalue weighted by Gasteiger charge is 2.53. The van der Waals surface area contributed by atoms with Gasteiger partial charge in [-0.25, -0.2) is 0 Å². The second kappa shape index (κ2) is 4.49. The predicted octanol–water partition coefficient (Wildman–Crippen LogP) is 6.14. The summed E-state index contributed by atoms with van der Waals surface area (Å²) in [5.41, 5.74) is 3.22. The molecule has 0 heteroatoms. The van der Waals surface area contributed by atoms with Crippen molar-refractivity contribution in [3.8, 4) is 0 Å². The molecule has 0 aromatic rings. The standard InChI is InChI=1S/C20H32/c1-6-19(4)13-10-16-15(14-19)8-9-17-18(2,3)11-7-12-20(16,17)5/h6,10,15,17H,1,7-9,11-14H2,2-5H3/t15-,17+,19-,20-/m0/s1. The summed E-state index contributed by atoms with van der Waals surface area (Å²) in [4.78, 5) is 0. The molecule has 4 atom stereocenters. The van der Waals surface area contributed by atoms with Crippen LogP contribution in [0.1, 0.15) is 72.6 Å².